The summed E-state index contributed by atoms with van der Waals surface area (Å²) < 4.78 is 0.620. The van der Waals surface area contributed by atoms with Crippen LogP contribution < -0.4 is 5.32 Å². The maximum absolute atomic E-state index is 10.4. The van der Waals surface area contributed by atoms with Gasteiger partial charge in [-0.15, -0.1) is 10.2 Å². The average Bonchev–Trinajstić information content (AvgIpc) is 2.91. The molecule has 2 rings (SSSR count). The standard InChI is InChI=1S/C12H10N4O2S2/c13-5-8-1-3-9(4-2-8)6-14-11-15-16-12(20-11)19-7-10(17)18/h1-4H,6-7H2,(H,14,15)(H,17,18). The van der Waals surface area contributed by atoms with Crippen molar-refractivity contribution in [2.45, 2.75) is 10.9 Å². The molecular formula is C12H10N4O2S2. The van der Waals surface area contributed by atoms with Gasteiger partial charge in [0.15, 0.2) is 4.34 Å². The van der Waals surface area contributed by atoms with Gasteiger partial charge in [-0.25, -0.2) is 0 Å². The Morgan fingerprint density at radius 3 is 2.80 bits per heavy atom. The number of carboxylic acids is 1. The van der Waals surface area contributed by atoms with Crippen molar-refractivity contribution in [2.24, 2.45) is 0 Å². The predicted octanol–water partition coefficient (Wildman–Crippen LogP) is 2.20. The molecule has 0 aliphatic rings. The average molecular weight is 306 g/mol. The van der Waals surface area contributed by atoms with Crippen LogP contribution in [0.3, 0.4) is 0 Å². The smallest absolute Gasteiger partial charge is 0.313 e. The monoisotopic (exact) mass is 306 g/mol. The van der Waals surface area contributed by atoms with E-state index in [1.807, 2.05) is 12.1 Å². The van der Waals surface area contributed by atoms with Crippen LogP contribution >= 0.6 is 23.1 Å². The highest BCUT2D eigenvalue weighted by Gasteiger charge is 2.06. The zero-order valence-corrected chi connectivity index (χ0v) is 11.9. The lowest BCUT2D eigenvalue weighted by atomic mass is 10.1. The zero-order valence-electron chi connectivity index (χ0n) is 10.2. The summed E-state index contributed by atoms with van der Waals surface area (Å²) in [4.78, 5) is 10.4. The minimum Gasteiger partial charge on any atom is -0.481 e. The van der Waals surface area contributed by atoms with Gasteiger partial charge in [-0.2, -0.15) is 5.26 Å². The van der Waals surface area contributed by atoms with Gasteiger partial charge in [-0.05, 0) is 17.7 Å². The molecule has 0 unspecified atom stereocenters. The Morgan fingerprint density at radius 2 is 2.15 bits per heavy atom. The van der Waals surface area contributed by atoms with Crippen LogP contribution in [0.2, 0.25) is 0 Å². The number of anilines is 1. The fraction of sp³-hybridized carbons (Fsp3) is 0.167. The first kappa shape index (κ1) is 14.3. The van der Waals surface area contributed by atoms with Gasteiger partial charge in [-0.3, -0.25) is 4.79 Å². The highest BCUT2D eigenvalue weighted by molar-refractivity contribution is 8.01. The minimum atomic E-state index is -0.878. The van der Waals surface area contributed by atoms with Crippen molar-refractivity contribution in [1.29, 1.82) is 5.26 Å². The molecule has 6 nitrogen and oxygen atoms in total. The number of thioether (sulfide) groups is 1. The molecule has 0 amide bonds. The Bertz CT molecular complexity index is 634. The largest absolute Gasteiger partial charge is 0.481 e. The summed E-state index contributed by atoms with van der Waals surface area (Å²) in [5, 5.41) is 28.8. The molecule has 20 heavy (non-hydrogen) atoms. The highest BCUT2D eigenvalue weighted by Crippen LogP contribution is 2.25. The molecule has 1 heterocycles. The Labute approximate surface area is 123 Å². The molecule has 2 N–H and O–H groups in total. The lowest BCUT2D eigenvalue weighted by Crippen LogP contribution is -1.98. The molecule has 0 saturated carbocycles. The number of nitrogens with zero attached hydrogens (tertiary/aromatic N) is 3. The van der Waals surface area contributed by atoms with Crippen LogP contribution in [-0.4, -0.2) is 27.0 Å². The van der Waals surface area contributed by atoms with Gasteiger partial charge < -0.3 is 10.4 Å². The van der Waals surface area contributed by atoms with E-state index in [1.165, 1.54) is 11.3 Å². The van der Waals surface area contributed by atoms with Crippen molar-refractivity contribution < 1.29 is 9.90 Å². The number of nitriles is 1. The zero-order chi connectivity index (χ0) is 14.4. The second kappa shape index (κ2) is 6.88. The number of carbonyl (C=O) groups is 1. The first-order valence-corrected chi connectivity index (χ1v) is 7.38. The third-order valence-corrected chi connectivity index (χ3v) is 4.25. The van der Waals surface area contributed by atoms with Crippen molar-refractivity contribution in [1.82, 2.24) is 10.2 Å². The fourth-order valence-corrected chi connectivity index (χ4v) is 2.81. The first-order valence-electron chi connectivity index (χ1n) is 5.58. The second-order valence-corrected chi connectivity index (χ2v) is 5.92. The summed E-state index contributed by atoms with van der Waals surface area (Å²) in [6.45, 7) is 0.573. The van der Waals surface area contributed by atoms with Crippen molar-refractivity contribution in [3.63, 3.8) is 0 Å². The molecule has 2 aromatic rings. The molecule has 0 bridgehead atoms. The molecular weight excluding hydrogens is 296 g/mol. The molecule has 0 spiro atoms. The Hall–Kier alpha value is -2.11. The van der Waals surface area contributed by atoms with Gasteiger partial charge >= 0.3 is 5.97 Å². The predicted molar refractivity (Wildman–Crippen MR) is 76.8 cm³/mol. The van der Waals surface area contributed by atoms with E-state index in [1.54, 1.807) is 12.1 Å². The lowest BCUT2D eigenvalue weighted by molar-refractivity contribution is -0.133. The van der Waals surface area contributed by atoms with Gasteiger partial charge in [0.1, 0.15) is 0 Å². The lowest BCUT2D eigenvalue weighted by Gasteiger charge is -2.01. The molecule has 1 aromatic heterocycles. The molecule has 102 valence electrons. The van der Waals surface area contributed by atoms with Gasteiger partial charge in [0.05, 0.1) is 17.4 Å². The Balaban J connectivity index is 1.87. The third-order valence-electron chi connectivity index (χ3n) is 2.25. The van der Waals surface area contributed by atoms with E-state index in [2.05, 4.69) is 21.6 Å². The molecule has 8 heteroatoms. The van der Waals surface area contributed by atoms with E-state index in [0.29, 0.717) is 21.6 Å². The van der Waals surface area contributed by atoms with Gasteiger partial charge in [-0.1, -0.05) is 35.2 Å². The highest BCUT2D eigenvalue weighted by atomic mass is 32.2. The SMILES string of the molecule is N#Cc1ccc(CNc2nnc(SCC(=O)O)s2)cc1. The molecule has 0 radical (unpaired) electrons. The van der Waals surface area contributed by atoms with Crippen LogP contribution in [0.25, 0.3) is 0 Å². The summed E-state index contributed by atoms with van der Waals surface area (Å²) in [7, 11) is 0. The number of benzene rings is 1. The second-order valence-electron chi connectivity index (χ2n) is 3.72. The van der Waals surface area contributed by atoms with Crippen LogP contribution in [0.1, 0.15) is 11.1 Å². The summed E-state index contributed by atoms with van der Waals surface area (Å²) in [6.07, 6.45) is 0. The maximum Gasteiger partial charge on any atom is 0.313 e. The number of aliphatic carboxylic acids is 1. The third kappa shape index (κ3) is 4.22. The number of rotatable bonds is 6. The van der Waals surface area contributed by atoms with Gasteiger partial charge in [0, 0.05) is 6.54 Å². The van der Waals surface area contributed by atoms with E-state index in [9.17, 15) is 4.79 Å². The molecule has 0 fully saturated rings. The minimum absolute atomic E-state index is 0.0236. The van der Waals surface area contributed by atoms with E-state index >= 15 is 0 Å². The topological polar surface area (TPSA) is 98.9 Å². The number of hydrogen-bond donors (Lipinski definition) is 2. The van der Waals surface area contributed by atoms with Crippen molar-refractivity contribution in [3.8, 4) is 6.07 Å². The summed E-state index contributed by atoms with van der Waals surface area (Å²) in [6, 6.07) is 9.31. The van der Waals surface area contributed by atoms with Gasteiger partial charge in [0.25, 0.3) is 0 Å². The fourth-order valence-electron chi connectivity index (χ4n) is 1.34. The Morgan fingerprint density at radius 1 is 1.40 bits per heavy atom. The van der Waals surface area contributed by atoms with Crippen molar-refractivity contribution >= 4 is 34.2 Å². The van der Waals surface area contributed by atoms with E-state index in [-0.39, 0.29) is 5.75 Å². The Kier molecular flexibility index (Phi) is 4.92. The van der Waals surface area contributed by atoms with Crippen molar-refractivity contribution in [2.75, 3.05) is 11.1 Å². The van der Waals surface area contributed by atoms with Crippen LogP contribution in [0, 0.1) is 11.3 Å². The number of hydrogen-bond acceptors (Lipinski definition) is 7. The summed E-state index contributed by atoms with van der Waals surface area (Å²) in [5.41, 5.74) is 1.65. The number of aromatic nitrogens is 2. The number of nitrogens with one attached hydrogen (secondary N) is 1. The first-order chi connectivity index (χ1) is 9.67. The van der Waals surface area contributed by atoms with Crippen LogP contribution in [0.15, 0.2) is 28.6 Å². The van der Waals surface area contributed by atoms with E-state index in [0.717, 1.165) is 17.3 Å². The molecule has 0 saturated heterocycles. The molecule has 0 atom stereocenters. The molecule has 1 aromatic carbocycles. The maximum atomic E-state index is 10.4. The molecule has 0 aliphatic carbocycles. The van der Waals surface area contributed by atoms with E-state index in [4.69, 9.17) is 10.4 Å². The van der Waals surface area contributed by atoms with Gasteiger partial charge in [0.2, 0.25) is 5.13 Å². The normalized spacial score (nSPS) is 9.95. The van der Waals surface area contributed by atoms with E-state index < -0.39 is 5.97 Å². The molecule has 0 aliphatic heterocycles. The van der Waals surface area contributed by atoms with Crippen LogP contribution in [0.4, 0.5) is 5.13 Å². The summed E-state index contributed by atoms with van der Waals surface area (Å²) in [5.74, 6) is -0.901. The van der Waals surface area contributed by atoms with Crippen LogP contribution in [0.5, 0.6) is 0 Å². The van der Waals surface area contributed by atoms with Crippen LogP contribution in [-0.2, 0) is 11.3 Å². The van der Waals surface area contributed by atoms with Crippen molar-refractivity contribution in [3.05, 3.63) is 35.4 Å². The number of carboxylic acid groups (broad SMARTS) is 1. The quantitative estimate of drug-likeness (QED) is 0.789. The summed E-state index contributed by atoms with van der Waals surface area (Å²) >= 11 is 2.46.